The normalized spacial score (nSPS) is 24.9. The molecule has 1 rings (SSSR count). The Morgan fingerprint density at radius 3 is 2.24 bits per heavy atom. The van der Waals surface area contributed by atoms with Crippen LogP contribution < -0.4 is 11.1 Å². The summed E-state index contributed by atoms with van der Waals surface area (Å²) in [6, 6.07) is -0.117. The molecule has 124 valence electrons. The Bertz CT molecular complexity index is 323. The highest BCUT2D eigenvalue weighted by molar-refractivity contribution is 5.76. The second-order valence-electron chi connectivity index (χ2n) is 6.59. The average molecular weight is 308 g/mol. The summed E-state index contributed by atoms with van der Waals surface area (Å²) in [5.74, 6) is -0.657. The van der Waals surface area contributed by atoms with Gasteiger partial charge in [0.25, 0.3) is 0 Å². The molecule has 3 N–H and O–H groups in total. The molecule has 1 amide bonds. The van der Waals surface area contributed by atoms with Crippen LogP contribution in [0.1, 0.15) is 52.4 Å². The van der Waals surface area contributed by atoms with Crippen molar-refractivity contribution in [2.45, 2.75) is 64.6 Å². The minimum atomic E-state index is -4.10. The van der Waals surface area contributed by atoms with E-state index in [0.29, 0.717) is 31.7 Å². The Kier molecular flexibility index (Phi) is 6.97. The molecule has 0 aromatic carbocycles. The minimum absolute atomic E-state index is 0.0819. The van der Waals surface area contributed by atoms with Crippen LogP contribution in [-0.4, -0.2) is 24.7 Å². The van der Waals surface area contributed by atoms with Crippen LogP contribution in [0, 0.1) is 17.8 Å². The summed E-state index contributed by atoms with van der Waals surface area (Å²) < 4.78 is 37.7. The lowest BCUT2D eigenvalue weighted by molar-refractivity contribution is -0.182. The maximum atomic E-state index is 12.6. The Hall–Kier alpha value is -0.780. The summed E-state index contributed by atoms with van der Waals surface area (Å²) >= 11 is 0. The zero-order valence-electron chi connectivity index (χ0n) is 12.9. The number of carbonyl (C=O) groups is 1. The van der Waals surface area contributed by atoms with Crippen molar-refractivity contribution in [2.75, 3.05) is 6.54 Å². The van der Waals surface area contributed by atoms with Gasteiger partial charge in [0.2, 0.25) is 5.91 Å². The molecule has 1 aliphatic rings. The topological polar surface area (TPSA) is 55.1 Å². The van der Waals surface area contributed by atoms with Crippen molar-refractivity contribution in [3.63, 3.8) is 0 Å². The van der Waals surface area contributed by atoms with Crippen molar-refractivity contribution in [1.82, 2.24) is 5.32 Å². The zero-order valence-corrected chi connectivity index (χ0v) is 12.9. The molecule has 1 atom stereocenters. The molecule has 0 bridgehead atoms. The number of nitrogens with one attached hydrogen (secondary N) is 1. The molecule has 0 radical (unpaired) electrons. The van der Waals surface area contributed by atoms with Gasteiger partial charge in [-0.05, 0) is 50.5 Å². The van der Waals surface area contributed by atoms with Gasteiger partial charge in [-0.3, -0.25) is 4.79 Å². The van der Waals surface area contributed by atoms with Crippen molar-refractivity contribution in [3.8, 4) is 0 Å². The molecular weight excluding hydrogens is 281 g/mol. The van der Waals surface area contributed by atoms with E-state index in [0.717, 1.165) is 6.42 Å². The van der Waals surface area contributed by atoms with E-state index < -0.39 is 12.1 Å². The third-order valence-corrected chi connectivity index (χ3v) is 4.17. The van der Waals surface area contributed by atoms with Gasteiger partial charge < -0.3 is 11.1 Å². The van der Waals surface area contributed by atoms with Gasteiger partial charge in [-0.25, -0.2) is 0 Å². The lowest BCUT2D eigenvalue weighted by Crippen LogP contribution is -2.41. The minimum Gasteiger partial charge on any atom is -0.353 e. The van der Waals surface area contributed by atoms with Gasteiger partial charge in [-0.2, -0.15) is 13.2 Å². The van der Waals surface area contributed by atoms with Crippen LogP contribution in [0.3, 0.4) is 0 Å². The first-order chi connectivity index (χ1) is 9.72. The number of alkyl halides is 3. The van der Waals surface area contributed by atoms with Crippen molar-refractivity contribution in [1.29, 1.82) is 0 Å². The van der Waals surface area contributed by atoms with E-state index in [1.165, 1.54) is 0 Å². The molecule has 0 saturated heterocycles. The van der Waals surface area contributed by atoms with E-state index in [4.69, 9.17) is 5.73 Å². The first kappa shape index (κ1) is 18.3. The molecule has 6 heteroatoms. The molecule has 0 aromatic rings. The summed E-state index contributed by atoms with van der Waals surface area (Å²) in [5, 5.41) is 2.87. The van der Waals surface area contributed by atoms with Crippen LogP contribution in [0.4, 0.5) is 13.2 Å². The number of halogens is 3. The van der Waals surface area contributed by atoms with Gasteiger partial charge in [0.1, 0.15) is 0 Å². The number of nitrogens with two attached hydrogens (primary N) is 1. The summed E-state index contributed by atoms with van der Waals surface area (Å²) in [6.07, 6.45) is -1.79. The van der Waals surface area contributed by atoms with Crippen LogP contribution in [-0.2, 0) is 4.79 Å². The first-order valence-corrected chi connectivity index (χ1v) is 7.78. The monoisotopic (exact) mass is 308 g/mol. The zero-order chi connectivity index (χ0) is 16.0. The molecule has 21 heavy (non-hydrogen) atoms. The lowest BCUT2D eigenvalue weighted by Gasteiger charge is -2.30. The lowest BCUT2D eigenvalue weighted by atomic mass is 9.85. The molecule has 3 nitrogen and oxygen atoms in total. The van der Waals surface area contributed by atoms with Crippen molar-refractivity contribution in [2.24, 2.45) is 23.5 Å². The highest BCUT2D eigenvalue weighted by Crippen LogP contribution is 2.37. The molecular formula is C15H27F3N2O. The van der Waals surface area contributed by atoms with E-state index in [2.05, 4.69) is 19.2 Å². The van der Waals surface area contributed by atoms with Gasteiger partial charge in [-0.15, -0.1) is 0 Å². The Morgan fingerprint density at radius 1 is 1.24 bits per heavy atom. The van der Waals surface area contributed by atoms with Crippen molar-refractivity contribution < 1.29 is 18.0 Å². The van der Waals surface area contributed by atoms with Gasteiger partial charge in [-0.1, -0.05) is 13.8 Å². The molecule has 1 unspecified atom stereocenters. The van der Waals surface area contributed by atoms with Crippen LogP contribution in [0.2, 0.25) is 0 Å². The van der Waals surface area contributed by atoms with E-state index in [1.807, 2.05) is 0 Å². The standard InChI is InChI=1S/C15H27F3N2O/c1-10(2)7-11(9-19)8-14(21)20-13-5-3-12(4-6-13)15(16,17)18/h10-13H,3-9,19H2,1-2H3,(H,20,21). The fourth-order valence-electron chi connectivity index (χ4n) is 3.04. The molecule has 0 spiro atoms. The van der Waals surface area contributed by atoms with E-state index in [-0.39, 0.29) is 30.7 Å². The highest BCUT2D eigenvalue weighted by Gasteiger charge is 2.41. The summed E-state index contributed by atoms with van der Waals surface area (Å²) in [7, 11) is 0. The van der Waals surface area contributed by atoms with Crippen molar-refractivity contribution in [3.05, 3.63) is 0 Å². The maximum Gasteiger partial charge on any atom is 0.391 e. The number of hydrogen-bond acceptors (Lipinski definition) is 2. The maximum absolute atomic E-state index is 12.6. The number of carbonyl (C=O) groups excluding carboxylic acids is 1. The third-order valence-electron chi connectivity index (χ3n) is 4.17. The molecule has 1 saturated carbocycles. The quantitative estimate of drug-likeness (QED) is 0.791. The molecule has 0 aliphatic heterocycles. The molecule has 0 aromatic heterocycles. The third kappa shape index (κ3) is 6.68. The van der Waals surface area contributed by atoms with Gasteiger partial charge in [0.05, 0.1) is 5.92 Å². The summed E-state index contributed by atoms with van der Waals surface area (Å²) in [6.45, 7) is 4.63. The number of hydrogen-bond donors (Lipinski definition) is 2. The Morgan fingerprint density at radius 2 is 1.81 bits per heavy atom. The van der Waals surface area contributed by atoms with Gasteiger partial charge in [0, 0.05) is 12.5 Å². The van der Waals surface area contributed by atoms with E-state index in [9.17, 15) is 18.0 Å². The van der Waals surface area contributed by atoms with Crippen LogP contribution in [0.5, 0.6) is 0 Å². The number of rotatable bonds is 6. The fraction of sp³-hybridized carbons (Fsp3) is 0.933. The summed E-state index contributed by atoms with van der Waals surface area (Å²) in [4.78, 5) is 12.0. The van der Waals surface area contributed by atoms with Gasteiger partial charge >= 0.3 is 6.18 Å². The van der Waals surface area contributed by atoms with Gasteiger partial charge in [0.15, 0.2) is 0 Å². The summed E-state index contributed by atoms with van der Waals surface area (Å²) in [5.41, 5.74) is 5.66. The van der Waals surface area contributed by atoms with Crippen LogP contribution in [0.15, 0.2) is 0 Å². The molecule has 1 aliphatic carbocycles. The van der Waals surface area contributed by atoms with Crippen LogP contribution >= 0.6 is 0 Å². The predicted octanol–water partition coefficient (Wildman–Crippen LogP) is 3.23. The second kappa shape index (κ2) is 8.01. The molecule has 0 heterocycles. The van der Waals surface area contributed by atoms with Crippen LogP contribution in [0.25, 0.3) is 0 Å². The smallest absolute Gasteiger partial charge is 0.353 e. The fourth-order valence-corrected chi connectivity index (χ4v) is 3.04. The van der Waals surface area contributed by atoms with Crippen molar-refractivity contribution >= 4 is 5.91 Å². The predicted molar refractivity (Wildman–Crippen MR) is 76.6 cm³/mol. The SMILES string of the molecule is CC(C)CC(CN)CC(=O)NC1CCC(C(F)(F)F)CC1. The highest BCUT2D eigenvalue weighted by atomic mass is 19.4. The van der Waals surface area contributed by atoms with E-state index in [1.54, 1.807) is 0 Å². The first-order valence-electron chi connectivity index (χ1n) is 7.78. The average Bonchev–Trinajstić information content (AvgIpc) is 2.36. The Balaban J connectivity index is 2.33. The van der Waals surface area contributed by atoms with E-state index >= 15 is 0 Å². The largest absolute Gasteiger partial charge is 0.391 e. The molecule has 1 fully saturated rings. The number of amides is 1. The second-order valence-corrected chi connectivity index (χ2v) is 6.59. The Labute approximate surface area is 124 Å².